The summed E-state index contributed by atoms with van der Waals surface area (Å²) in [5, 5.41) is 1.73. The third kappa shape index (κ3) is 5.17. The number of fused-ring (bicyclic) bond motifs is 2. The number of esters is 1. The number of Topliss-reactive ketones (excluding diaryl/α,β-unsaturated/α-hetero) is 1. The molecule has 0 fully saturated rings. The Morgan fingerprint density at radius 1 is 1.00 bits per heavy atom. The number of aromatic nitrogens is 1. The van der Waals surface area contributed by atoms with E-state index in [9.17, 15) is 9.59 Å². The molecule has 5 rings (SSSR count). The summed E-state index contributed by atoms with van der Waals surface area (Å²) in [7, 11) is 1.54. The molecule has 3 aromatic carbocycles. The quantitative estimate of drug-likeness (QED) is 0.181. The van der Waals surface area contributed by atoms with Crippen LogP contribution in [-0.2, 0) is 17.8 Å². The smallest absolute Gasteiger partial charge is 0.339 e. The van der Waals surface area contributed by atoms with Crippen LogP contribution >= 0.6 is 23.2 Å². The highest BCUT2D eigenvalue weighted by molar-refractivity contribution is 6.42. The largest absolute Gasteiger partial charge is 0.496 e. The summed E-state index contributed by atoms with van der Waals surface area (Å²) in [5.74, 6) is 0.0397. The number of hydrogen-bond donors (Lipinski definition) is 0. The van der Waals surface area contributed by atoms with Crippen molar-refractivity contribution in [2.75, 3.05) is 7.11 Å². The van der Waals surface area contributed by atoms with Gasteiger partial charge in [0.05, 0.1) is 33.9 Å². The molecule has 0 atom stereocenters. The van der Waals surface area contributed by atoms with Gasteiger partial charge in [0, 0.05) is 16.5 Å². The van der Waals surface area contributed by atoms with Gasteiger partial charge in [0.25, 0.3) is 0 Å². The lowest BCUT2D eigenvalue weighted by Gasteiger charge is -2.22. The Labute approximate surface area is 231 Å². The van der Waals surface area contributed by atoms with Crippen LogP contribution in [0.3, 0.4) is 0 Å². The second-order valence-corrected chi connectivity index (χ2v) is 10.0. The highest BCUT2D eigenvalue weighted by Gasteiger charge is 2.26. The van der Waals surface area contributed by atoms with Gasteiger partial charge >= 0.3 is 5.97 Å². The van der Waals surface area contributed by atoms with Gasteiger partial charge in [0.15, 0.2) is 5.78 Å². The summed E-state index contributed by atoms with van der Waals surface area (Å²) in [6, 6.07) is 18.2. The second-order valence-electron chi connectivity index (χ2n) is 9.19. The number of carbonyl (C=O) groups is 2. The fourth-order valence-corrected chi connectivity index (χ4v) is 5.14. The van der Waals surface area contributed by atoms with E-state index in [1.165, 1.54) is 6.92 Å². The third-order valence-electron chi connectivity index (χ3n) is 6.70. The maximum absolute atomic E-state index is 13.7. The third-order valence-corrected chi connectivity index (χ3v) is 7.44. The fourth-order valence-electron chi connectivity index (χ4n) is 4.84. The molecule has 1 heterocycles. The van der Waals surface area contributed by atoms with Crippen molar-refractivity contribution in [1.29, 1.82) is 0 Å². The van der Waals surface area contributed by atoms with Crippen LogP contribution in [0.1, 0.15) is 62.9 Å². The van der Waals surface area contributed by atoms with Crippen LogP contribution in [0.4, 0.5) is 0 Å². The Morgan fingerprint density at radius 2 is 1.82 bits per heavy atom. The number of pyridine rings is 1. The van der Waals surface area contributed by atoms with Gasteiger partial charge in [-0.15, -0.1) is 0 Å². The van der Waals surface area contributed by atoms with Gasteiger partial charge in [-0.05, 0) is 85.4 Å². The van der Waals surface area contributed by atoms with Crippen LogP contribution in [0.5, 0.6) is 5.75 Å². The average Bonchev–Trinajstić information content (AvgIpc) is 2.92. The van der Waals surface area contributed by atoms with Crippen LogP contribution in [0, 0.1) is 0 Å². The molecule has 38 heavy (non-hydrogen) atoms. The first-order valence-electron chi connectivity index (χ1n) is 12.3. The number of rotatable bonds is 6. The highest BCUT2D eigenvalue weighted by atomic mass is 35.5. The standard InChI is InChI=1S/C31H25Cl2NO4/c1-18(35)20-11-13-28(37-2)22(16-20)17-38-31(36)29-23-7-3-4-9-27(23)34-30-21(6-5-8-24(29)30)14-19-10-12-25(32)26(33)15-19/h3-4,7,9-16H,5-6,8,17H2,1-2H3/b21-14+. The van der Waals surface area contributed by atoms with E-state index >= 15 is 0 Å². The lowest BCUT2D eigenvalue weighted by atomic mass is 9.86. The van der Waals surface area contributed by atoms with Crippen molar-refractivity contribution in [3.63, 3.8) is 0 Å². The summed E-state index contributed by atoms with van der Waals surface area (Å²) in [4.78, 5) is 30.5. The van der Waals surface area contributed by atoms with E-state index in [1.54, 1.807) is 31.4 Å². The number of hydrogen-bond acceptors (Lipinski definition) is 5. The number of para-hydroxylation sites is 1. The van der Waals surface area contributed by atoms with Crippen LogP contribution < -0.4 is 4.74 Å². The lowest BCUT2D eigenvalue weighted by Crippen LogP contribution is -2.15. The van der Waals surface area contributed by atoms with Gasteiger partial charge in [-0.2, -0.15) is 0 Å². The number of carbonyl (C=O) groups excluding carboxylic acids is 2. The predicted molar refractivity (Wildman–Crippen MR) is 151 cm³/mol. The number of methoxy groups -OCH3 is 1. The Hall–Kier alpha value is -3.67. The molecule has 192 valence electrons. The molecule has 0 saturated carbocycles. The van der Waals surface area contributed by atoms with Gasteiger partial charge in [0.2, 0.25) is 0 Å². The van der Waals surface area contributed by atoms with Crippen molar-refractivity contribution in [2.45, 2.75) is 32.8 Å². The van der Waals surface area contributed by atoms with Crippen molar-refractivity contribution < 1.29 is 19.1 Å². The highest BCUT2D eigenvalue weighted by Crippen LogP contribution is 2.37. The van der Waals surface area contributed by atoms with E-state index in [0.29, 0.717) is 38.9 Å². The Morgan fingerprint density at radius 3 is 2.58 bits per heavy atom. The minimum atomic E-state index is -0.439. The van der Waals surface area contributed by atoms with Crippen LogP contribution in [0.25, 0.3) is 22.6 Å². The first kappa shape index (κ1) is 26.0. The minimum Gasteiger partial charge on any atom is -0.496 e. The van der Waals surface area contributed by atoms with Crippen LogP contribution in [0.2, 0.25) is 10.0 Å². The molecule has 0 bridgehead atoms. The number of halogens is 2. The summed E-state index contributed by atoms with van der Waals surface area (Å²) in [6.07, 6.45) is 4.45. The number of ether oxygens (including phenoxy) is 2. The summed E-state index contributed by atoms with van der Waals surface area (Å²) >= 11 is 12.3. The molecule has 0 saturated heterocycles. The second kappa shape index (κ2) is 11.0. The summed E-state index contributed by atoms with van der Waals surface area (Å²) in [6.45, 7) is 1.47. The number of benzene rings is 3. The SMILES string of the molecule is COc1ccc(C(C)=O)cc1COC(=O)c1c2c(nc3ccccc13)/C(=C/c1ccc(Cl)c(Cl)c1)CCC2. The van der Waals surface area contributed by atoms with Crippen LogP contribution in [-0.4, -0.2) is 23.8 Å². The topological polar surface area (TPSA) is 65.5 Å². The molecule has 0 unspecified atom stereocenters. The zero-order valence-electron chi connectivity index (χ0n) is 21.0. The van der Waals surface area contributed by atoms with E-state index in [2.05, 4.69) is 6.08 Å². The predicted octanol–water partition coefficient (Wildman–Crippen LogP) is 7.99. The molecule has 4 aromatic rings. The summed E-state index contributed by atoms with van der Waals surface area (Å²) in [5.41, 5.74) is 6.00. The van der Waals surface area contributed by atoms with Crippen molar-refractivity contribution in [3.8, 4) is 5.75 Å². The normalized spacial score (nSPS) is 13.8. The zero-order chi connectivity index (χ0) is 26.8. The maximum atomic E-state index is 13.7. The summed E-state index contributed by atoms with van der Waals surface area (Å²) < 4.78 is 11.3. The first-order valence-corrected chi connectivity index (χ1v) is 13.0. The molecule has 1 aliphatic carbocycles. The Bertz CT molecular complexity index is 1610. The van der Waals surface area contributed by atoms with E-state index in [1.807, 2.05) is 36.4 Å². The molecular weight excluding hydrogens is 521 g/mol. The van der Waals surface area contributed by atoms with E-state index in [0.717, 1.165) is 46.1 Å². The van der Waals surface area contributed by atoms with Crippen LogP contribution in [0.15, 0.2) is 60.7 Å². The van der Waals surface area contributed by atoms with Crippen molar-refractivity contribution in [1.82, 2.24) is 4.98 Å². The minimum absolute atomic E-state index is 0.0273. The van der Waals surface area contributed by atoms with Crippen molar-refractivity contribution in [2.24, 2.45) is 0 Å². The Balaban J connectivity index is 1.56. The maximum Gasteiger partial charge on any atom is 0.339 e. The molecule has 0 amide bonds. The monoisotopic (exact) mass is 545 g/mol. The number of ketones is 1. The van der Waals surface area contributed by atoms with Gasteiger partial charge in [-0.3, -0.25) is 4.79 Å². The molecule has 5 nitrogen and oxygen atoms in total. The molecule has 1 aliphatic rings. The van der Waals surface area contributed by atoms with Gasteiger partial charge in [-0.25, -0.2) is 9.78 Å². The van der Waals surface area contributed by atoms with E-state index in [-0.39, 0.29) is 12.4 Å². The fraction of sp³-hybridized carbons (Fsp3) is 0.194. The average molecular weight is 546 g/mol. The number of nitrogens with zero attached hydrogens (tertiary/aromatic N) is 1. The van der Waals surface area contributed by atoms with Crippen molar-refractivity contribution in [3.05, 3.63) is 104 Å². The molecule has 0 spiro atoms. The van der Waals surface area contributed by atoms with Gasteiger partial charge in [0.1, 0.15) is 12.4 Å². The molecule has 0 radical (unpaired) electrons. The first-order chi connectivity index (χ1) is 18.4. The Kier molecular flexibility index (Phi) is 7.50. The molecule has 0 N–H and O–H groups in total. The molecule has 0 aliphatic heterocycles. The lowest BCUT2D eigenvalue weighted by molar-refractivity contribution is 0.0471. The van der Waals surface area contributed by atoms with Gasteiger partial charge < -0.3 is 9.47 Å². The van der Waals surface area contributed by atoms with E-state index < -0.39 is 5.97 Å². The van der Waals surface area contributed by atoms with Crippen molar-refractivity contribution >= 4 is 57.5 Å². The van der Waals surface area contributed by atoms with E-state index in [4.69, 9.17) is 37.7 Å². The zero-order valence-corrected chi connectivity index (χ0v) is 22.5. The molecule has 7 heteroatoms. The van der Waals surface area contributed by atoms with Gasteiger partial charge in [-0.1, -0.05) is 47.5 Å². The molecular formula is C31H25Cl2NO4. The molecule has 1 aromatic heterocycles. The number of allylic oxidation sites excluding steroid dienone is 1.